The molecule has 0 saturated heterocycles. The van der Waals surface area contributed by atoms with Gasteiger partial charge in [-0.15, -0.1) is 0 Å². The summed E-state index contributed by atoms with van der Waals surface area (Å²) in [5.41, 5.74) is 6.14. The monoisotopic (exact) mass is 418 g/mol. The van der Waals surface area contributed by atoms with Crippen LogP contribution in [0.3, 0.4) is 0 Å². The second-order valence-corrected chi connectivity index (χ2v) is 12.3. The first kappa shape index (κ1) is 21.4. The van der Waals surface area contributed by atoms with Gasteiger partial charge in [0.2, 0.25) is 0 Å². The molecule has 3 aliphatic rings. The molecular formula is C24H35O4P-2. The third-order valence-electron chi connectivity index (χ3n) is 9.35. The quantitative estimate of drug-likeness (QED) is 0.642. The normalized spacial score (nSPS) is 35.6. The average Bonchev–Trinajstić information content (AvgIpc) is 2.90. The molecule has 162 valence electrons. The van der Waals surface area contributed by atoms with Crippen molar-refractivity contribution in [2.75, 3.05) is 0 Å². The van der Waals surface area contributed by atoms with Gasteiger partial charge in [0.1, 0.15) is 13.6 Å². The minimum Gasteiger partial charge on any atom is -0.780 e. The van der Waals surface area contributed by atoms with Crippen LogP contribution in [-0.2, 0) is 16.4 Å². The second-order valence-electron chi connectivity index (χ2n) is 11.2. The van der Waals surface area contributed by atoms with Crippen LogP contribution in [0.5, 0.6) is 5.75 Å². The number of hydrogen-bond donors (Lipinski definition) is 0. The molecule has 0 aliphatic heterocycles. The first-order valence-electron chi connectivity index (χ1n) is 11.1. The molecule has 2 fully saturated rings. The Morgan fingerprint density at radius 2 is 1.59 bits per heavy atom. The van der Waals surface area contributed by atoms with Crippen LogP contribution in [0.4, 0.5) is 0 Å². The number of benzene rings is 1. The standard InChI is InChI=1S/C24H37O4P/c1-14-15(2)21(28-29(25,26)27)16(3)17-13-19-23(6)11-8-10-22(4,5)18(23)9-12-24(19,7)20(14)17/h18-19H,8-13H2,1-7H3,(H2,25,26,27)/p-2/t18?,19-,23+,24?/m1/s1. The minimum absolute atomic E-state index is 0.102. The number of phosphoric acid groups is 1. The van der Waals surface area contributed by atoms with E-state index in [1.807, 2.05) is 13.8 Å². The highest BCUT2D eigenvalue weighted by atomic mass is 31.2. The van der Waals surface area contributed by atoms with E-state index in [4.69, 9.17) is 4.52 Å². The van der Waals surface area contributed by atoms with Gasteiger partial charge in [0.25, 0.3) is 0 Å². The lowest BCUT2D eigenvalue weighted by Crippen LogP contribution is -2.55. The molecule has 0 N–H and O–H groups in total. The molecule has 0 heterocycles. The van der Waals surface area contributed by atoms with Gasteiger partial charge in [-0.05, 0) is 109 Å². The van der Waals surface area contributed by atoms with Gasteiger partial charge in [0.15, 0.2) is 0 Å². The van der Waals surface area contributed by atoms with E-state index >= 15 is 0 Å². The van der Waals surface area contributed by atoms with Crippen molar-refractivity contribution in [1.82, 2.24) is 0 Å². The summed E-state index contributed by atoms with van der Waals surface area (Å²) in [5, 5.41) is 0. The summed E-state index contributed by atoms with van der Waals surface area (Å²) in [6.07, 6.45) is 7.25. The van der Waals surface area contributed by atoms with E-state index in [9.17, 15) is 14.4 Å². The largest absolute Gasteiger partial charge is 0.780 e. The van der Waals surface area contributed by atoms with Gasteiger partial charge in [-0.1, -0.05) is 34.1 Å². The maximum atomic E-state index is 11.4. The summed E-state index contributed by atoms with van der Waals surface area (Å²) in [7, 11) is -5.09. The van der Waals surface area contributed by atoms with Crippen LogP contribution in [0.1, 0.15) is 87.6 Å². The molecule has 0 bridgehead atoms. The lowest BCUT2D eigenvalue weighted by atomic mass is 9.43. The predicted octanol–water partition coefficient (Wildman–Crippen LogP) is 4.88. The van der Waals surface area contributed by atoms with Gasteiger partial charge in [-0.2, -0.15) is 0 Å². The highest BCUT2D eigenvalue weighted by Gasteiger charge is 2.61. The summed E-state index contributed by atoms with van der Waals surface area (Å²) in [4.78, 5) is 22.8. The number of hydrogen-bond acceptors (Lipinski definition) is 4. The molecule has 4 nitrogen and oxygen atoms in total. The number of fused-ring (bicyclic) bond motifs is 5. The third kappa shape index (κ3) is 2.97. The maximum Gasteiger partial charge on any atom is 0.130 e. The van der Waals surface area contributed by atoms with Crippen molar-refractivity contribution in [2.45, 2.75) is 92.4 Å². The van der Waals surface area contributed by atoms with Crippen molar-refractivity contribution in [2.24, 2.45) is 22.7 Å². The average molecular weight is 419 g/mol. The van der Waals surface area contributed by atoms with Gasteiger partial charge < -0.3 is 18.9 Å². The second kappa shape index (κ2) is 6.34. The Kier molecular flexibility index (Phi) is 4.68. The summed E-state index contributed by atoms with van der Waals surface area (Å²) in [5.74, 6) is 1.53. The van der Waals surface area contributed by atoms with Gasteiger partial charge >= 0.3 is 0 Å². The van der Waals surface area contributed by atoms with Crippen molar-refractivity contribution in [1.29, 1.82) is 0 Å². The Morgan fingerprint density at radius 3 is 2.21 bits per heavy atom. The zero-order chi connectivity index (χ0) is 21.6. The smallest absolute Gasteiger partial charge is 0.130 e. The van der Waals surface area contributed by atoms with Crippen LogP contribution >= 0.6 is 7.82 Å². The van der Waals surface area contributed by atoms with E-state index in [0.717, 1.165) is 29.0 Å². The molecular weight excluding hydrogens is 383 g/mol. The molecule has 29 heavy (non-hydrogen) atoms. The molecule has 1 aromatic carbocycles. The Hall–Kier alpha value is -0.830. The predicted molar refractivity (Wildman–Crippen MR) is 112 cm³/mol. The Labute approximate surface area is 175 Å². The Morgan fingerprint density at radius 1 is 0.931 bits per heavy atom. The topological polar surface area (TPSA) is 72.4 Å². The van der Waals surface area contributed by atoms with Crippen LogP contribution in [0.15, 0.2) is 0 Å². The molecule has 4 rings (SSSR count). The molecule has 0 amide bonds. The van der Waals surface area contributed by atoms with Crippen LogP contribution in [0, 0.1) is 43.4 Å². The molecule has 2 saturated carbocycles. The molecule has 1 aromatic rings. The molecule has 2 unspecified atom stereocenters. The van der Waals surface area contributed by atoms with Gasteiger partial charge in [-0.3, -0.25) is 0 Å². The fourth-order valence-electron chi connectivity index (χ4n) is 8.08. The third-order valence-corrected chi connectivity index (χ3v) is 9.76. The highest BCUT2D eigenvalue weighted by Crippen LogP contribution is 2.68. The molecule has 5 heteroatoms. The minimum atomic E-state index is -5.09. The maximum absolute atomic E-state index is 11.4. The van der Waals surface area contributed by atoms with E-state index in [1.165, 1.54) is 43.2 Å². The Balaban J connectivity index is 1.87. The first-order valence-corrected chi connectivity index (χ1v) is 12.5. The van der Waals surface area contributed by atoms with Crippen molar-refractivity contribution < 1.29 is 18.9 Å². The first-order chi connectivity index (χ1) is 13.2. The van der Waals surface area contributed by atoms with E-state index in [0.29, 0.717) is 11.3 Å². The zero-order valence-corrected chi connectivity index (χ0v) is 19.9. The molecule has 0 radical (unpaired) electrons. The molecule has 0 aromatic heterocycles. The molecule has 3 aliphatic carbocycles. The highest BCUT2D eigenvalue weighted by molar-refractivity contribution is 7.43. The van der Waals surface area contributed by atoms with Crippen LogP contribution in [0.25, 0.3) is 0 Å². The van der Waals surface area contributed by atoms with Crippen molar-refractivity contribution in [3.05, 3.63) is 27.8 Å². The van der Waals surface area contributed by atoms with Crippen molar-refractivity contribution in [3.63, 3.8) is 0 Å². The van der Waals surface area contributed by atoms with Crippen LogP contribution in [-0.4, -0.2) is 0 Å². The Bertz CT molecular complexity index is 914. The van der Waals surface area contributed by atoms with Crippen molar-refractivity contribution in [3.8, 4) is 5.75 Å². The molecule has 4 atom stereocenters. The van der Waals surface area contributed by atoms with Crippen molar-refractivity contribution >= 4 is 7.82 Å². The van der Waals surface area contributed by atoms with E-state index in [-0.39, 0.29) is 16.6 Å². The van der Waals surface area contributed by atoms with Gasteiger partial charge in [0.05, 0.1) is 0 Å². The number of phosphoric ester groups is 1. The lowest BCUT2D eigenvalue weighted by Gasteiger charge is -2.61. The SMILES string of the molecule is Cc1c(C)c2c(c(C)c1OP(=O)([O-])[O-])C[C@H]1C2(C)CCC2C(C)(C)CCC[C@@]21C. The summed E-state index contributed by atoms with van der Waals surface area (Å²) < 4.78 is 16.4. The summed E-state index contributed by atoms with van der Waals surface area (Å²) >= 11 is 0. The van der Waals surface area contributed by atoms with E-state index in [1.54, 1.807) is 0 Å². The number of rotatable bonds is 2. The zero-order valence-electron chi connectivity index (χ0n) is 19.0. The van der Waals surface area contributed by atoms with Crippen LogP contribution < -0.4 is 14.3 Å². The lowest BCUT2D eigenvalue weighted by molar-refractivity contribution is -0.333. The fourth-order valence-corrected chi connectivity index (χ4v) is 8.58. The molecule has 0 spiro atoms. The fraction of sp³-hybridized carbons (Fsp3) is 0.750. The van der Waals surface area contributed by atoms with Gasteiger partial charge in [-0.25, -0.2) is 0 Å². The summed E-state index contributed by atoms with van der Waals surface area (Å²) in [6, 6.07) is 0. The van der Waals surface area contributed by atoms with Crippen LogP contribution in [0.2, 0.25) is 0 Å². The van der Waals surface area contributed by atoms with E-state index in [2.05, 4.69) is 34.6 Å². The summed E-state index contributed by atoms with van der Waals surface area (Å²) in [6.45, 7) is 15.8. The van der Waals surface area contributed by atoms with E-state index < -0.39 is 7.82 Å². The van der Waals surface area contributed by atoms with Gasteiger partial charge in [0, 0.05) is 0 Å².